The highest BCUT2D eigenvalue weighted by molar-refractivity contribution is 5.25. The normalized spacial score (nSPS) is 11.6. The second-order valence-electron chi connectivity index (χ2n) is 5.92. The van der Waals surface area contributed by atoms with Gasteiger partial charge in [-0.2, -0.15) is 0 Å². The fraction of sp³-hybridized carbons (Fsp3) is 0.533. The van der Waals surface area contributed by atoms with Gasteiger partial charge in [0.2, 0.25) is 5.89 Å². The predicted molar refractivity (Wildman–Crippen MR) is 81.9 cm³/mol. The zero-order valence-corrected chi connectivity index (χ0v) is 13.1. The summed E-state index contributed by atoms with van der Waals surface area (Å²) < 4.78 is 5.72. The number of anilines is 1. The van der Waals surface area contributed by atoms with Crippen molar-refractivity contribution in [3.05, 3.63) is 36.0 Å². The maximum atomic E-state index is 5.72. The van der Waals surface area contributed by atoms with Crippen LogP contribution < -0.4 is 10.2 Å². The van der Waals surface area contributed by atoms with Gasteiger partial charge in [-0.1, -0.05) is 11.2 Å². The molecule has 6 nitrogen and oxygen atoms in total. The van der Waals surface area contributed by atoms with E-state index in [1.807, 2.05) is 23.1 Å². The van der Waals surface area contributed by atoms with Gasteiger partial charge in [-0.25, -0.2) is 0 Å². The first kappa shape index (κ1) is 15.4. The molecule has 2 heterocycles. The maximum absolute atomic E-state index is 5.72. The zero-order valence-electron chi connectivity index (χ0n) is 13.1. The molecule has 2 aromatic rings. The molecule has 21 heavy (non-hydrogen) atoms. The quantitative estimate of drug-likeness (QED) is 0.880. The summed E-state index contributed by atoms with van der Waals surface area (Å²) in [6, 6.07) is 6.40. The lowest BCUT2D eigenvalue weighted by Gasteiger charge is -2.19. The third-order valence-electron chi connectivity index (χ3n) is 2.96. The van der Waals surface area contributed by atoms with Crippen LogP contribution in [0.1, 0.15) is 39.3 Å². The van der Waals surface area contributed by atoms with Crippen LogP contribution in [0.5, 0.6) is 0 Å². The van der Waals surface area contributed by atoms with Crippen LogP contribution in [0.3, 0.4) is 0 Å². The topological polar surface area (TPSA) is 67.1 Å². The van der Waals surface area contributed by atoms with Gasteiger partial charge in [-0.05, 0) is 39.8 Å². The van der Waals surface area contributed by atoms with E-state index in [9.17, 15) is 0 Å². The SMILES string of the molecule is CCN(Cc1ccccn1)c1nnc(CNC(C)(C)C)o1. The minimum atomic E-state index is 0.0209. The molecule has 114 valence electrons. The highest BCUT2D eigenvalue weighted by atomic mass is 16.4. The summed E-state index contributed by atoms with van der Waals surface area (Å²) in [5.74, 6) is 0.597. The minimum Gasteiger partial charge on any atom is -0.407 e. The summed E-state index contributed by atoms with van der Waals surface area (Å²) >= 11 is 0. The molecule has 0 saturated carbocycles. The molecular formula is C15H23N5O. The van der Waals surface area contributed by atoms with Crippen molar-refractivity contribution in [2.45, 2.75) is 46.3 Å². The van der Waals surface area contributed by atoms with Gasteiger partial charge in [0.1, 0.15) is 0 Å². The van der Waals surface area contributed by atoms with Gasteiger partial charge in [0.25, 0.3) is 0 Å². The van der Waals surface area contributed by atoms with Crippen LogP contribution in [0.15, 0.2) is 28.8 Å². The molecule has 0 radical (unpaired) electrons. The van der Waals surface area contributed by atoms with E-state index in [-0.39, 0.29) is 5.54 Å². The molecule has 2 rings (SSSR count). The summed E-state index contributed by atoms with van der Waals surface area (Å²) in [6.07, 6.45) is 1.79. The highest BCUT2D eigenvalue weighted by Gasteiger charge is 2.16. The van der Waals surface area contributed by atoms with E-state index in [0.717, 1.165) is 12.2 Å². The molecule has 0 saturated heterocycles. The Morgan fingerprint density at radius 3 is 2.67 bits per heavy atom. The average Bonchev–Trinajstić information content (AvgIpc) is 2.92. The van der Waals surface area contributed by atoms with Gasteiger partial charge in [0.05, 0.1) is 18.8 Å². The van der Waals surface area contributed by atoms with E-state index in [2.05, 4.69) is 48.2 Å². The molecule has 0 aliphatic heterocycles. The van der Waals surface area contributed by atoms with E-state index in [1.165, 1.54) is 0 Å². The van der Waals surface area contributed by atoms with Gasteiger partial charge in [-0.3, -0.25) is 4.98 Å². The van der Waals surface area contributed by atoms with Crippen molar-refractivity contribution >= 4 is 6.01 Å². The lowest BCUT2D eigenvalue weighted by molar-refractivity contribution is 0.380. The van der Waals surface area contributed by atoms with Crippen LogP contribution in [0.4, 0.5) is 6.01 Å². The summed E-state index contributed by atoms with van der Waals surface area (Å²) in [5, 5.41) is 11.5. The Bertz CT molecular complexity index is 547. The molecule has 0 unspecified atom stereocenters. The van der Waals surface area contributed by atoms with E-state index in [0.29, 0.717) is 25.0 Å². The van der Waals surface area contributed by atoms with E-state index in [4.69, 9.17) is 4.42 Å². The number of rotatable bonds is 6. The molecule has 6 heteroatoms. The molecule has 0 aliphatic carbocycles. The number of hydrogen-bond acceptors (Lipinski definition) is 6. The molecule has 0 fully saturated rings. The van der Waals surface area contributed by atoms with Crippen molar-refractivity contribution in [3.8, 4) is 0 Å². The van der Waals surface area contributed by atoms with E-state index in [1.54, 1.807) is 6.20 Å². The van der Waals surface area contributed by atoms with Gasteiger partial charge in [0.15, 0.2) is 0 Å². The Labute approximate surface area is 125 Å². The van der Waals surface area contributed by atoms with E-state index >= 15 is 0 Å². The summed E-state index contributed by atoms with van der Waals surface area (Å²) in [5.41, 5.74) is 0.999. The first-order valence-electron chi connectivity index (χ1n) is 7.20. The Kier molecular flexibility index (Phi) is 4.90. The highest BCUT2D eigenvalue weighted by Crippen LogP contribution is 2.15. The Morgan fingerprint density at radius 2 is 2.05 bits per heavy atom. The van der Waals surface area contributed by atoms with Crippen LogP contribution in [0.25, 0.3) is 0 Å². The Morgan fingerprint density at radius 1 is 1.24 bits per heavy atom. The molecule has 0 spiro atoms. The van der Waals surface area contributed by atoms with Crippen LogP contribution in [0, 0.1) is 0 Å². The first-order valence-corrected chi connectivity index (χ1v) is 7.20. The lowest BCUT2D eigenvalue weighted by Crippen LogP contribution is -2.35. The monoisotopic (exact) mass is 289 g/mol. The fourth-order valence-electron chi connectivity index (χ4n) is 1.79. The smallest absolute Gasteiger partial charge is 0.318 e. The predicted octanol–water partition coefficient (Wildman–Crippen LogP) is 2.38. The molecular weight excluding hydrogens is 266 g/mol. The molecule has 0 amide bonds. The van der Waals surface area contributed by atoms with Crippen molar-refractivity contribution < 1.29 is 4.42 Å². The molecule has 1 N–H and O–H groups in total. The van der Waals surface area contributed by atoms with Crippen molar-refractivity contribution in [2.75, 3.05) is 11.4 Å². The van der Waals surface area contributed by atoms with Crippen LogP contribution in [-0.4, -0.2) is 27.3 Å². The van der Waals surface area contributed by atoms with Crippen molar-refractivity contribution in [1.82, 2.24) is 20.5 Å². The van der Waals surface area contributed by atoms with E-state index < -0.39 is 0 Å². The molecule has 0 aliphatic rings. The second-order valence-corrected chi connectivity index (χ2v) is 5.92. The maximum Gasteiger partial charge on any atom is 0.318 e. The van der Waals surface area contributed by atoms with Gasteiger partial charge >= 0.3 is 6.01 Å². The number of hydrogen-bond donors (Lipinski definition) is 1. The van der Waals surface area contributed by atoms with Crippen LogP contribution >= 0.6 is 0 Å². The Hall–Kier alpha value is -1.95. The standard InChI is InChI=1S/C15H23N5O/c1-5-20(11-12-8-6-7-9-16-12)14-19-18-13(21-14)10-17-15(2,3)4/h6-9,17H,5,10-11H2,1-4H3. The number of pyridine rings is 1. The van der Waals surface area contributed by atoms with Crippen molar-refractivity contribution in [2.24, 2.45) is 0 Å². The molecule has 0 atom stereocenters. The zero-order chi connectivity index (χ0) is 15.3. The van der Waals surface area contributed by atoms with Crippen LogP contribution in [-0.2, 0) is 13.1 Å². The van der Waals surface area contributed by atoms with Crippen molar-refractivity contribution in [1.29, 1.82) is 0 Å². The summed E-state index contributed by atoms with van der Waals surface area (Å²) in [7, 11) is 0. The lowest BCUT2D eigenvalue weighted by atomic mass is 10.1. The third kappa shape index (κ3) is 4.82. The van der Waals surface area contributed by atoms with Gasteiger partial charge < -0.3 is 14.6 Å². The number of aromatic nitrogens is 3. The number of nitrogens with zero attached hydrogens (tertiary/aromatic N) is 4. The average molecular weight is 289 g/mol. The largest absolute Gasteiger partial charge is 0.407 e. The van der Waals surface area contributed by atoms with Gasteiger partial charge in [-0.15, -0.1) is 5.10 Å². The molecule has 2 aromatic heterocycles. The van der Waals surface area contributed by atoms with Crippen LogP contribution in [0.2, 0.25) is 0 Å². The Balaban J connectivity index is 2.01. The third-order valence-corrected chi connectivity index (χ3v) is 2.96. The fourth-order valence-corrected chi connectivity index (χ4v) is 1.79. The summed E-state index contributed by atoms with van der Waals surface area (Å²) in [4.78, 5) is 6.33. The second kappa shape index (κ2) is 6.67. The summed E-state index contributed by atoms with van der Waals surface area (Å²) in [6.45, 7) is 10.4. The minimum absolute atomic E-state index is 0.0209. The number of nitrogens with one attached hydrogen (secondary N) is 1. The molecule has 0 bridgehead atoms. The van der Waals surface area contributed by atoms with Gasteiger partial charge in [0, 0.05) is 18.3 Å². The molecule has 0 aromatic carbocycles. The van der Waals surface area contributed by atoms with Crippen molar-refractivity contribution in [3.63, 3.8) is 0 Å². The first-order chi connectivity index (χ1) is 9.98.